The highest BCUT2D eigenvalue weighted by Gasteiger charge is 2.35. The fraction of sp³-hybridized carbons (Fsp3) is 0.222. The molecule has 1 aliphatic heterocycles. The van der Waals surface area contributed by atoms with Crippen molar-refractivity contribution in [1.29, 1.82) is 0 Å². The molecule has 0 aliphatic carbocycles. The van der Waals surface area contributed by atoms with Gasteiger partial charge in [0.15, 0.2) is 5.11 Å². The standard InChI is InChI=1S/C27H26N2O4S/c1-5-32-20-11-8-18-9-12-24(33-6-2)22(21(18)14-20)15-23-25(30)28-27(34)29(26(23)31)19-10-7-16(3)17(4)13-19/h7-15H,5-6H2,1-4H3,(H,28,30,34). The Labute approximate surface area is 204 Å². The fourth-order valence-corrected chi connectivity index (χ4v) is 4.17. The molecule has 1 aliphatic rings. The zero-order valence-corrected chi connectivity index (χ0v) is 20.4. The van der Waals surface area contributed by atoms with E-state index in [9.17, 15) is 9.59 Å². The number of hydrogen-bond acceptors (Lipinski definition) is 5. The minimum Gasteiger partial charge on any atom is -0.494 e. The number of fused-ring (bicyclic) bond motifs is 1. The molecule has 1 fully saturated rings. The van der Waals surface area contributed by atoms with Gasteiger partial charge >= 0.3 is 0 Å². The lowest BCUT2D eigenvalue weighted by molar-refractivity contribution is -0.122. The first-order chi connectivity index (χ1) is 16.3. The van der Waals surface area contributed by atoms with Crippen LogP contribution in [-0.4, -0.2) is 30.1 Å². The second-order valence-electron chi connectivity index (χ2n) is 7.95. The van der Waals surface area contributed by atoms with Crippen LogP contribution in [0.4, 0.5) is 5.69 Å². The number of benzene rings is 3. The smallest absolute Gasteiger partial charge is 0.270 e. The average molecular weight is 475 g/mol. The third-order valence-electron chi connectivity index (χ3n) is 5.74. The van der Waals surface area contributed by atoms with E-state index < -0.39 is 11.8 Å². The molecule has 2 amide bonds. The molecule has 7 heteroatoms. The predicted octanol–water partition coefficient (Wildman–Crippen LogP) is 5.09. The lowest BCUT2D eigenvalue weighted by Crippen LogP contribution is -2.54. The van der Waals surface area contributed by atoms with E-state index in [0.717, 1.165) is 21.9 Å². The van der Waals surface area contributed by atoms with Gasteiger partial charge in [0.25, 0.3) is 11.8 Å². The van der Waals surface area contributed by atoms with Gasteiger partial charge in [-0.25, -0.2) is 0 Å². The molecule has 0 radical (unpaired) electrons. The molecule has 0 aromatic heterocycles. The number of nitrogens with zero attached hydrogens (tertiary/aromatic N) is 1. The Bertz CT molecular complexity index is 1340. The summed E-state index contributed by atoms with van der Waals surface area (Å²) in [6.45, 7) is 8.72. The topological polar surface area (TPSA) is 67.9 Å². The number of carbonyl (C=O) groups excluding carboxylic acids is 2. The quantitative estimate of drug-likeness (QED) is 0.306. The highest BCUT2D eigenvalue weighted by Crippen LogP contribution is 2.34. The minimum absolute atomic E-state index is 0.0258. The van der Waals surface area contributed by atoms with Crippen LogP contribution >= 0.6 is 12.2 Å². The van der Waals surface area contributed by atoms with Crippen LogP contribution in [0.25, 0.3) is 16.8 Å². The maximum atomic E-state index is 13.6. The summed E-state index contributed by atoms with van der Waals surface area (Å²) < 4.78 is 11.5. The molecular formula is C27H26N2O4S. The number of aryl methyl sites for hydroxylation is 2. The van der Waals surface area contributed by atoms with E-state index in [-0.39, 0.29) is 10.7 Å². The van der Waals surface area contributed by atoms with E-state index in [2.05, 4.69) is 5.32 Å². The van der Waals surface area contributed by atoms with Crippen molar-refractivity contribution in [3.8, 4) is 11.5 Å². The summed E-state index contributed by atoms with van der Waals surface area (Å²) in [5.41, 5.74) is 3.33. The maximum Gasteiger partial charge on any atom is 0.270 e. The molecule has 3 aromatic rings. The lowest BCUT2D eigenvalue weighted by atomic mass is 9.99. The van der Waals surface area contributed by atoms with Gasteiger partial charge in [-0.3, -0.25) is 19.8 Å². The molecule has 0 spiro atoms. The van der Waals surface area contributed by atoms with Crippen LogP contribution < -0.4 is 19.7 Å². The Morgan fingerprint density at radius 3 is 2.38 bits per heavy atom. The third-order valence-corrected chi connectivity index (χ3v) is 6.03. The van der Waals surface area contributed by atoms with Crippen molar-refractivity contribution in [3.63, 3.8) is 0 Å². The van der Waals surface area contributed by atoms with Gasteiger partial charge in [0.1, 0.15) is 17.1 Å². The normalized spacial score (nSPS) is 15.1. The summed E-state index contributed by atoms with van der Waals surface area (Å²) in [6, 6.07) is 15.1. The highest BCUT2D eigenvalue weighted by molar-refractivity contribution is 7.80. The van der Waals surface area contributed by atoms with E-state index in [0.29, 0.717) is 36.0 Å². The summed E-state index contributed by atoms with van der Waals surface area (Å²) in [6.07, 6.45) is 1.58. The SMILES string of the molecule is CCOc1ccc2ccc(OCC)c(C=C3C(=O)NC(=S)N(c4ccc(C)c(C)c4)C3=O)c2c1. The van der Waals surface area contributed by atoms with Crippen molar-refractivity contribution in [2.75, 3.05) is 18.1 Å². The summed E-state index contributed by atoms with van der Waals surface area (Å²) in [4.78, 5) is 27.8. The molecule has 0 unspecified atom stereocenters. The van der Waals surface area contributed by atoms with Crippen LogP contribution in [0.1, 0.15) is 30.5 Å². The first-order valence-electron chi connectivity index (χ1n) is 11.1. The molecule has 174 valence electrons. The fourth-order valence-electron chi connectivity index (χ4n) is 3.89. The number of hydrogen-bond donors (Lipinski definition) is 1. The van der Waals surface area contributed by atoms with Gasteiger partial charge in [-0.1, -0.05) is 18.2 Å². The number of thiocarbonyl (C=S) groups is 1. The van der Waals surface area contributed by atoms with Gasteiger partial charge in [-0.05, 0) is 98.2 Å². The van der Waals surface area contributed by atoms with E-state index >= 15 is 0 Å². The first kappa shape index (κ1) is 23.4. The van der Waals surface area contributed by atoms with Gasteiger partial charge in [0.05, 0.1) is 18.9 Å². The van der Waals surface area contributed by atoms with Crippen LogP contribution in [0.5, 0.6) is 11.5 Å². The van der Waals surface area contributed by atoms with Crippen LogP contribution in [0.3, 0.4) is 0 Å². The van der Waals surface area contributed by atoms with Crippen molar-refractivity contribution < 1.29 is 19.1 Å². The van der Waals surface area contributed by atoms with E-state index in [4.69, 9.17) is 21.7 Å². The Hall–Kier alpha value is -3.71. The summed E-state index contributed by atoms with van der Waals surface area (Å²) >= 11 is 5.35. The Balaban J connectivity index is 1.88. The van der Waals surface area contributed by atoms with Crippen molar-refractivity contribution in [3.05, 3.63) is 70.8 Å². The molecule has 0 bridgehead atoms. The van der Waals surface area contributed by atoms with Gasteiger partial charge < -0.3 is 9.47 Å². The minimum atomic E-state index is -0.546. The molecule has 34 heavy (non-hydrogen) atoms. The predicted molar refractivity (Wildman–Crippen MR) is 138 cm³/mol. The number of ether oxygens (including phenoxy) is 2. The Kier molecular flexibility index (Phi) is 6.65. The molecular weight excluding hydrogens is 448 g/mol. The van der Waals surface area contributed by atoms with Crippen LogP contribution in [0, 0.1) is 13.8 Å². The molecule has 0 atom stereocenters. The van der Waals surface area contributed by atoms with E-state index in [1.807, 2.05) is 76.2 Å². The Morgan fingerprint density at radius 1 is 0.941 bits per heavy atom. The lowest BCUT2D eigenvalue weighted by Gasteiger charge is -2.29. The van der Waals surface area contributed by atoms with Gasteiger partial charge in [-0.15, -0.1) is 0 Å². The first-order valence-corrected chi connectivity index (χ1v) is 11.6. The molecule has 1 saturated heterocycles. The summed E-state index contributed by atoms with van der Waals surface area (Å²) in [5, 5.41) is 4.46. The molecule has 3 aromatic carbocycles. The third kappa shape index (κ3) is 4.39. The zero-order chi connectivity index (χ0) is 24.4. The molecule has 1 heterocycles. The highest BCUT2D eigenvalue weighted by atomic mass is 32.1. The second-order valence-corrected chi connectivity index (χ2v) is 8.34. The van der Waals surface area contributed by atoms with E-state index in [1.165, 1.54) is 4.90 Å². The van der Waals surface area contributed by atoms with Crippen molar-refractivity contribution >= 4 is 51.7 Å². The maximum absolute atomic E-state index is 13.6. The van der Waals surface area contributed by atoms with Gasteiger partial charge in [0.2, 0.25) is 0 Å². The number of nitrogens with one attached hydrogen (secondary N) is 1. The summed E-state index contributed by atoms with van der Waals surface area (Å²) in [5.74, 6) is 0.233. The van der Waals surface area contributed by atoms with Crippen LogP contribution in [-0.2, 0) is 9.59 Å². The van der Waals surface area contributed by atoms with E-state index in [1.54, 1.807) is 6.08 Å². The molecule has 0 saturated carbocycles. The second kappa shape index (κ2) is 9.65. The number of rotatable bonds is 6. The zero-order valence-electron chi connectivity index (χ0n) is 19.6. The monoisotopic (exact) mass is 474 g/mol. The summed E-state index contributed by atoms with van der Waals surface area (Å²) in [7, 11) is 0. The van der Waals surface area contributed by atoms with Crippen molar-refractivity contribution in [1.82, 2.24) is 5.32 Å². The van der Waals surface area contributed by atoms with Crippen molar-refractivity contribution in [2.24, 2.45) is 0 Å². The van der Waals surface area contributed by atoms with Gasteiger partial charge in [0, 0.05) is 5.56 Å². The Morgan fingerprint density at radius 2 is 1.68 bits per heavy atom. The molecule has 6 nitrogen and oxygen atoms in total. The molecule has 4 rings (SSSR count). The van der Waals surface area contributed by atoms with Crippen LogP contribution in [0.15, 0.2) is 54.1 Å². The average Bonchev–Trinajstić information content (AvgIpc) is 2.80. The number of carbonyl (C=O) groups is 2. The van der Waals surface area contributed by atoms with Crippen molar-refractivity contribution in [2.45, 2.75) is 27.7 Å². The number of amides is 2. The molecule has 1 N–H and O–H groups in total. The number of anilines is 1. The van der Waals surface area contributed by atoms with Gasteiger partial charge in [-0.2, -0.15) is 0 Å². The van der Waals surface area contributed by atoms with Crippen LogP contribution in [0.2, 0.25) is 0 Å². The largest absolute Gasteiger partial charge is 0.494 e.